The lowest BCUT2D eigenvalue weighted by molar-refractivity contribution is 0.210. The standard InChI is InChI=1S/C31H38N4O/c1-25-13-15-29(16-14-25)33-31(36)35(24-26(2)23-34-21-18-32-19-22-34)20-17-30(27-9-5-3-6-10-27)28-11-7-4-8-12-28/h3-16,30,32H,2,17-24H2,1H3,(H,33,36). The van der Waals surface area contributed by atoms with Gasteiger partial charge in [0.1, 0.15) is 0 Å². The fourth-order valence-electron chi connectivity index (χ4n) is 4.78. The van der Waals surface area contributed by atoms with Crippen LogP contribution < -0.4 is 10.6 Å². The van der Waals surface area contributed by atoms with Gasteiger partial charge in [-0.15, -0.1) is 0 Å². The zero-order valence-electron chi connectivity index (χ0n) is 21.3. The topological polar surface area (TPSA) is 47.6 Å². The van der Waals surface area contributed by atoms with Crippen LogP contribution in [0.3, 0.4) is 0 Å². The molecule has 0 bridgehead atoms. The van der Waals surface area contributed by atoms with Crippen molar-refractivity contribution >= 4 is 11.7 Å². The first kappa shape index (κ1) is 25.7. The lowest BCUT2D eigenvalue weighted by atomic mass is 9.88. The van der Waals surface area contributed by atoms with Crippen LogP contribution in [0.2, 0.25) is 0 Å². The Morgan fingerprint density at radius 3 is 2.11 bits per heavy atom. The summed E-state index contributed by atoms with van der Waals surface area (Å²) in [5, 5.41) is 6.50. The summed E-state index contributed by atoms with van der Waals surface area (Å²) in [6.07, 6.45) is 0.830. The van der Waals surface area contributed by atoms with Gasteiger partial charge in [-0.25, -0.2) is 4.79 Å². The van der Waals surface area contributed by atoms with Gasteiger partial charge in [-0.3, -0.25) is 4.90 Å². The van der Waals surface area contributed by atoms with Crippen molar-refractivity contribution in [3.63, 3.8) is 0 Å². The van der Waals surface area contributed by atoms with Crippen molar-refractivity contribution in [2.24, 2.45) is 0 Å². The third-order valence-electron chi connectivity index (χ3n) is 6.75. The van der Waals surface area contributed by atoms with Crippen LogP contribution in [0.25, 0.3) is 0 Å². The Labute approximate surface area is 215 Å². The number of carbonyl (C=O) groups excluding carboxylic acids is 1. The molecule has 3 aromatic rings. The average molecular weight is 483 g/mol. The van der Waals surface area contributed by atoms with Crippen molar-refractivity contribution in [1.82, 2.24) is 15.1 Å². The first-order valence-corrected chi connectivity index (χ1v) is 12.9. The van der Waals surface area contributed by atoms with E-state index in [0.29, 0.717) is 13.1 Å². The number of hydrogen-bond acceptors (Lipinski definition) is 3. The van der Waals surface area contributed by atoms with Crippen LogP contribution in [0.1, 0.15) is 29.0 Å². The normalized spacial score (nSPS) is 13.9. The highest BCUT2D eigenvalue weighted by molar-refractivity contribution is 5.89. The highest BCUT2D eigenvalue weighted by Crippen LogP contribution is 2.28. The third kappa shape index (κ3) is 7.54. The van der Waals surface area contributed by atoms with Gasteiger partial charge in [0.15, 0.2) is 0 Å². The van der Waals surface area contributed by atoms with E-state index in [1.165, 1.54) is 16.7 Å². The summed E-state index contributed by atoms with van der Waals surface area (Å²) in [5.74, 6) is 0.212. The molecule has 0 saturated carbocycles. The molecule has 2 N–H and O–H groups in total. The van der Waals surface area contributed by atoms with Crippen molar-refractivity contribution in [3.05, 3.63) is 114 Å². The molecule has 0 unspecified atom stereocenters. The molecule has 36 heavy (non-hydrogen) atoms. The first-order valence-electron chi connectivity index (χ1n) is 12.9. The molecule has 188 valence electrons. The van der Waals surface area contributed by atoms with Crippen LogP contribution in [0.15, 0.2) is 97.1 Å². The van der Waals surface area contributed by atoms with Gasteiger partial charge >= 0.3 is 6.03 Å². The maximum absolute atomic E-state index is 13.5. The van der Waals surface area contributed by atoms with E-state index in [2.05, 4.69) is 70.6 Å². The van der Waals surface area contributed by atoms with Crippen molar-refractivity contribution in [3.8, 4) is 0 Å². The van der Waals surface area contributed by atoms with Crippen molar-refractivity contribution in [1.29, 1.82) is 0 Å². The van der Waals surface area contributed by atoms with E-state index in [9.17, 15) is 4.79 Å². The molecule has 0 spiro atoms. The predicted octanol–water partition coefficient (Wildman–Crippen LogP) is 5.51. The molecule has 5 nitrogen and oxygen atoms in total. The number of urea groups is 1. The summed E-state index contributed by atoms with van der Waals surface area (Å²) in [7, 11) is 0. The highest BCUT2D eigenvalue weighted by atomic mass is 16.2. The molecule has 0 atom stereocenters. The van der Waals surface area contributed by atoms with Crippen LogP contribution >= 0.6 is 0 Å². The van der Waals surface area contributed by atoms with Gasteiger partial charge in [0.05, 0.1) is 0 Å². The van der Waals surface area contributed by atoms with E-state index in [-0.39, 0.29) is 11.9 Å². The van der Waals surface area contributed by atoms with E-state index in [4.69, 9.17) is 0 Å². The third-order valence-corrected chi connectivity index (χ3v) is 6.75. The molecular weight excluding hydrogens is 444 g/mol. The van der Waals surface area contributed by atoms with Crippen LogP contribution in [-0.2, 0) is 0 Å². The summed E-state index contributed by atoms with van der Waals surface area (Å²) in [6, 6.07) is 29.0. The SMILES string of the molecule is C=C(CN1CCNCC1)CN(CCC(c1ccccc1)c1ccccc1)C(=O)Nc1ccc(C)cc1. The van der Waals surface area contributed by atoms with Gasteiger partial charge in [-0.05, 0) is 42.2 Å². The van der Waals surface area contributed by atoms with Gasteiger partial charge in [0, 0.05) is 57.4 Å². The molecule has 5 heteroatoms. The molecule has 0 aromatic heterocycles. The van der Waals surface area contributed by atoms with Crippen molar-refractivity contribution < 1.29 is 4.79 Å². The Morgan fingerprint density at radius 1 is 0.944 bits per heavy atom. The van der Waals surface area contributed by atoms with Crippen LogP contribution in [0, 0.1) is 6.92 Å². The summed E-state index contributed by atoms with van der Waals surface area (Å²) in [5.41, 5.74) is 5.57. The fraction of sp³-hybridized carbons (Fsp3) is 0.323. The number of carbonyl (C=O) groups is 1. The van der Waals surface area contributed by atoms with Gasteiger partial charge in [0.2, 0.25) is 0 Å². The second kappa shape index (κ2) is 13.1. The Kier molecular flexibility index (Phi) is 9.31. The molecule has 1 saturated heterocycles. The summed E-state index contributed by atoms with van der Waals surface area (Å²) in [6.45, 7) is 12.4. The highest BCUT2D eigenvalue weighted by Gasteiger charge is 2.21. The Balaban J connectivity index is 1.49. The van der Waals surface area contributed by atoms with Gasteiger partial charge in [-0.1, -0.05) is 84.9 Å². The van der Waals surface area contributed by atoms with Gasteiger partial charge in [0.25, 0.3) is 0 Å². The van der Waals surface area contributed by atoms with E-state index < -0.39 is 0 Å². The molecule has 1 fully saturated rings. The molecule has 0 aliphatic carbocycles. The maximum Gasteiger partial charge on any atom is 0.322 e. The number of aryl methyl sites for hydroxylation is 1. The smallest absolute Gasteiger partial charge is 0.320 e. The number of benzene rings is 3. The van der Waals surface area contributed by atoms with Crippen LogP contribution in [0.4, 0.5) is 10.5 Å². The number of anilines is 1. The first-order chi connectivity index (χ1) is 17.6. The lowest BCUT2D eigenvalue weighted by Crippen LogP contribution is -2.45. The monoisotopic (exact) mass is 482 g/mol. The van der Waals surface area contributed by atoms with E-state index in [1.54, 1.807) is 0 Å². The molecular formula is C31H38N4O. The second-order valence-corrected chi connectivity index (χ2v) is 9.66. The summed E-state index contributed by atoms with van der Waals surface area (Å²) < 4.78 is 0. The zero-order chi connectivity index (χ0) is 25.2. The molecule has 2 amide bonds. The Morgan fingerprint density at radius 2 is 1.53 bits per heavy atom. The van der Waals surface area contributed by atoms with Gasteiger partial charge in [-0.2, -0.15) is 0 Å². The average Bonchev–Trinajstić information content (AvgIpc) is 2.91. The number of rotatable bonds is 10. The number of piperazine rings is 1. The summed E-state index contributed by atoms with van der Waals surface area (Å²) in [4.78, 5) is 17.8. The Hall–Kier alpha value is -3.41. The summed E-state index contributed by atoms with van der Waals surface area (Å²) >= 11 is 0. The molecule has 3 aromatic carbocycles. The second-order valence-electron chi connectivity index (χ2n) is 9.66. The van der Waals surface area contributed by atoms with Crippen LogP contribution in [-0.4, -0.2) is 61.6 Å². The maximum atomic E-state index is 13.5. The van der Waals surface area contributed by atoms with Gasteiger partial charge < -0.3 is 15.5 Å². The molecule has 1 heterocycles. The number of nitrogens with one attached hydrogen (secondary N) is 2. The number of nitrogens with zero attached hydrogens (tertiary/aromatic N) is 2. The quantitative estimate of drug-likeness (QED) is 0.375. The van der Waals surface area contributed by atoms with E-state index >= 15 is 0 Å². The Bertz CT molecular complexity index is 1050. The predicted molar refractivity (Wildman–Crippen MR) is 150 cm³/mol. The lowest BCUT2D eigenvalue weighted by Gasteiger charge is -2.31. The minimum atomic E-state index is -0.0832. The number of hydrogen-bond donors (Lipinski definition) is 2. The number of amides is 2. The molecule has 0 radical (unpaired) electrons. The van der Waals surface area contributed by atoms with Crippen LogP contribution in [0.5, 0.6) is 0 Å². The van der Waals surface area contributed by atoms with E-state index in [1.807, 2.05) is 48.2 Å². The minimum Gasteiger partial charge on any atom is -0.320 e. The zero-order valence-corrected chi connectivity index (χ0v) is 21.3. The fourth-order valence-corrected chi connectivity index (χ4v) is 4.78. The molecule has 1 aliphatic heterocycles. The van der Waals surface area contributed by atoms with Crippen molar-refractivity contribution in [2.75, 3.05) is 51.1 Å². The minimum absolute atomic E-state index is 0.0832. The molecule has 1 aliphatic rings. The molecule has 4 rings (SSSR count). The largest absolute Gasteiger partial charge is 0.322 e. The van der Waals surface area contributed by atoms with E-state index in [0.717, 1.165) is 50.4 Å². The van der Waals surface area contributed by atoms with Crippen molar-refractivity contribution in [2.45, 2.75) is 19.3 Å².